The summed E-state index contributed by atoms with van der Waals surface area (Å²) in [6.07, 6.45) is 2.19. The summed E-state index contributed by atoms with van der Waals surface area (Å²) in [5, 5.41) is 9.78. The highest BCUT2D eigenvalue weighted by Gasteiger charge is 2.20. The average Bonchev–Trinajstić information content (AvgIpc) is 2.51. The lowest BCUT2D eigenvalue weighted by Gasteiger charge is -2.20. The van der Waals surface area contributed by atoms with Crippen LogP contribution in [-0.2, 0) is 27.0 Å². The van der Waals surface area contributed by atoms with E-state index >= 15 is 0 Å². The fourth-order valence-electron chi connectivity index (χ4n) is 2.38. The van der Waals surface area contributed by atoms with Crippen molar-refractivity contribution in [3.63, 3.8) is 0 Å². The third-order valence-corrected chi connectivity index (χ3v) is 4.17. The molecule has 9 nitrogen and oxygen atoms in total. The summed E-state index contributed by atoms with van der Waals surface area (Å²) >= 11 is 0. The van der Waals surface area contributed by atoms with E-state index in [2.05, 4.69) is 4.18 Å². The second-order valence-electron chi connectivity index (χ2n) is 5.29. The second kappa shape index (κ2) is 6.61. The number of ether oxygens (including phenoxy) is 1. The molecule has 0 aromatic heterocycles. The van der Waals surface area contributed by atoms with Gasteiger partial charge < -0.3 is 13.1 Å². The molecule has 1 aliphatic heterocycles. The third-order valence-electron chi connectivity index (χ3n) is 3.34. The van der Waals surface area contributed by atoms with Crippen molar-refractivity contribution in [3.05, 3.63) is 59.7 Å². The zero-order valence-electron chi connectivity index (χ0n) is 13.2. The first-order chi connectivity index (χ1) is 12.1. The Balaban J connectivity index is 1.93. The lowest BCUT2D eigenvalue weighted by Crippen LogP contribution is -2.20. The molecule has 0 amide bonds. The average molecular weight is 398 g/mol. The van der Waals surface area contributed by atoms with Crippen LogP contribution in [0.4, 0.5) is 0 Å². The van der Waals surface area contributed by atoms with Crippen LogP contribution >= 0.6 is 0 Å². The van der Waals surface area contributed by atoms with Crippen LogP contribution in [0.15, 0.2) is 48.5 Å². The Morgan fingerprint density at radius 1 is 0.923 bits per heavy atom. The van der Waals surface area contributed by atoms with Crippen LogP contribution in [0.25, 0.3) is 5.76 Å². The largest absolute Gasteiger partial charge is 0.456 e. The van der Waals surface area contributed by atoms with E-state index in [0.717, 1.165) is 5.56 Å². The van der Waals surface area contributed by atoms with E-state index in [4.69, 9.17) is 19.2 Å². The Morgan fingerprint density at radius 2 is 1.62 bits per heavy atom. The molecule has 0 bridgehead atoms. The number of hydrogen-bond donors (Lipinski definition) is 2. The fraction of sp³-hybridized carbons (Fsp3) is 0.0667. The molecule has 2 aromatic carbocycles. The van der Waals surface area contributed by atoms with Gasteiger partial charge in [0.15, 0.2) is 5.75 Å². The lowest BCUT2D eigenvalue weighted by atomic mass is 10.0. The first-order valence-corrected chi connectivity index (χ1v) is 10.1. The van der Waals surface area contributed by atoms with Gasteiger partial charge in [0.25, 0.3) is 0 Å². The van der Waals surface area contributed by atoms with E-state index in [-0.39, 0.29) is 11.5 Å². The molecular weight excluding hydrogens is 384 g/mol. The van der Waals surface area contributed by atoms with Gasteiger partial charge in [-0.05, 0) is 36.3 Å². The van der Waals surface area contributed by atoms with Crippen LogP contribution in [0.5, 0.6) is 17.2 Å². The Morgan fingerprint density at radius 3 is 2.31 bits per heavy atom. The first-order valence-electron chi connectivity index (χ1n) is 7.15. The highest BCUT2D eigenvalue weighted by molar-refractivity contribution is 7.85. The molecule has 0 atom stereocenters. The molecule has 0 radical (unpaired) electrons. The zero-order valence-corrected chi connectivity index (χ0v) is 14.8. The molecule has 3 rings (SSSR count). The number of benzene rings is 2. The number of rotatable bonds is 5. The summed E-state index contributed by atoms with van der Waals surface area (Å²) in [4.78, 5) is 0. The van der Waals surface area contributed by atoms with Gasteiger partial charge in [-0.15, -0.1) is 0 Å². The van der Waals surface area contributed by atoms with Gasteiger partial charge in [-0.1, -0.05) is 18.2 Å². The molecule has 1 heterocycles. The third kappa shape index (κ3) is 4.52. The van der Waals surface area contributed by atoms with E-state index in [1.807, 2.05) is 0 Å². The minimum absolute atomic E-state index is 0.00152. The van der Waals surface area contributed by atoms with Crippen LogP contribution in [0.3, 0.4) is 0 Å². The quantitative estimate of drug-likeness (QED) is 0.757. The van der Waals surface area contributed by atoms with E-state index in [0.29, 0.717) is 23.5 Å². The van der Waals surface area contributed by atoms with E-state index in [9.17, 15) is 16.8 Å². The standard InChI is InChI=1S/C15H14N2O7S2/c16-25(18,19)23-11-7-5-10-6-8-13(22-15(10)9-11)12-3-1-2-4-14(12)24-26(17,20)21/h1-5,7-9H,6H2,(H2,16,18,19)(H2,17,20,21). The maximum atomic E-state index is 11.2. The molecule has 2 aromatic rings. The molecule has 0 aliphatic carbocycles. The monoisotopic (exact) mass is 398 g/mol. The number of fused-ring (bicyclic) bond motifs is 1. The predicted molar refractivity (Wildman–Crippen MR) is 92.7 cm³/mol. The highest BCUT2D eigenvalue weighted by Crippen LogP contribution is 2.36. The van der Waals surface area contributed by atoms with E-state index in [1.54, 1.807) is 30.3 Å². The predicted octanol–water partition coefficient (Wildman–Crippen LogP) is 0.827. The molecule has 0 saturated heterocycles. The maximum Gasteiger partial charge on any atom is 0.380 e. The number of allylic oxidation sites excluding steroid dienone is 1. The van der Waals surface area contributed by atoms with Gasteiger partial charge in [0.2, 0.25) is 0 Å². The van der Waals surface area contributed by atoms with Crippen LogP contribution in [0.1, 0.15) is 11.1 Å². The van der Waals surface area contributed by atoms with Crippen molar-refractivity contribution in [2.75, 3.05) is 0 Å². The van der Waals surface area contributed by atoms with Crippen molar-refractivity contribution in [1.29, 1.82) is 0 Å². The van der Waals surface area contributed by atoms with Gasteiger partial charge in [0.05, 0.1) is 5.56 Å². The van der Waals surface area contributed by atoms with Crippen molar-refractivity contribution >= 4 is 26.4 Å². The number of hydrogen-bond acceptors (Lipinski definition) is 7. The summed E-state index contributed by atoms with van der Waals surface area (Å²) in [7, 11) is -8.38. The smallest absolute Gasteiger partial charge is 0.380 e. The first kappa shape index (κ1) is 18.2. The molecule has 0 saturated carbocycles. The van der Waals surface area contributed by atoms with E-state index < -0.39 is 20.6 Å². The Bertz CT molecular complexity index is 1090. The van der Waals surface area contributed by atoms with Gasteiger partial charge in [0, 0.05) is 6.07 Å². The molecular formula is C15H14N2O7S2. The molecule has 4 N–H and O–H groups in total. The topological polar surface area (TPSA) is 148 Å². The van der Waals surface area contributed by atoms with Gasteiger partial charge in [0.1, 0.15) is 17.3 Å². The fourth-order valence-corrected chi connectivity index (χ4v) is 3.15. The highest BCUT2D eigenvalue weighted by atomic mass is 32.2. The normalized spacial score (nSPS) is 14.0. The summed E-state index contributed by atoms with van der Waals surface area (Å²) in [6.45, 7) is 0. The van der Waals surface area contributed by atoms with Crippen LogP contribution < -0.4 is 23.4 Å². The van der Waals surface area contributed by atoms with Gasteiger partial charge in [-0.2, -0.15) is 27.1 Å². The van der Waals surface area contributed by atoms with Crippen molar-refractivity contribution in [2.45, 2.75) is 6.42 Å². The lowest BCUT2D eigenvalue weighted by molar-refractivity contribution is 0.470. The summed E-state index contributed by atoms with van der Waals surface area (Å²) in [5.74, 6) is 0.654. The van der Waals surface area contributed by atoms with Gasteiger partial charge >= 0.3 is 20.6 Å². The molecule has 11 heteroatoms. The molecule has 26 heavy (non-hydrogen) atoms. The van der Waals surface area contributed by atoms with Crippen molar-refractivity contribution in [3.8, 4) is 17.2 Å². The molecule has 1 aliphatic rings. The van der Waals surface area contributed by atoms with Crippen molar-refractivity contribution in [1.82, 2.24) is 0 Å². The van der Waals surface area contributed by atoms with Crippen LogP contribution in [-0.4, -0.2) is 16.8 Å². The SMILES string of the molecule is NS(=O)(=O)Oc1ccc2c(c1)OC(c1ccccc1OS(N)(=O)=O)=CC2. The zero-order chi connectivity index (χ0) is 18.9. The van der Waals surface area contributed by atoms with Gasteiger partial charge in [-0.25, -0.2) is 0 Å². The second-order valence-corrected chi connectivity index (χ2v) is 7.60. The Hall–Kier alpha value is -2.60. The molecule has 0 unspecified atom stereocenters. The minimum atomic E-state index is -4.21. The van der Waals surface area contributed by atoms with Crippen molar-refractivity contribution in [2.24, 2.45) is 10.3 Å². The molecule has 0 fully saturated rings. The molecule has 0 spiro atoms. The van der Waals surface area contributed by atoms with Crippen molar-refractivity contribution < 1.29 is 29.9 Å². The van der Waals surface area contributed by atoms with Crippen LogP contribution in [0, 0.1) is 0 Å². The summed E-state index contributed by atoms with van der Waals surface area (Å²) < 4.78 is 59.7. The number of nitrogens with two attached hydrogens (primary N) is 2. The summed E-state index contributed by atoms with van der Waals surface area (Å²) in [6, 6.07) is 10.7. The van der Waals surface area contributed by atoms with E-state index in [1.165, 1.54) is 18.2 Å². The maximum absolute atomic E-state index is 11.2. The minimum Gasteiger partial charge on any atom is -0.456 e. The Kier molecular flexibility index (Phi) is 4.63. The van der Waals surface area contributed by atoms with Crippen LogP contribution in [0.2, 0.25) is 0 Å². The summed E-state index contributed by atoms with van der Waals surface area (Å²) in [5.41, 5.74) is 1.14. The van der Waals surface area contributed by atoms with Gasteiger partial charge in [-0.3, -0.25) is 0 Å². The molecule has 138 valence electrons. The number of para-hydroxylation sites is 1. The Labute approximate surface area is 150 Å².